The van der Waals surface area contributed by atoms with Crippen LogP contribution >= 0.6 is 0 Å². The molecule has 0 radical (unpaired) electrons. The van der Waals surface area contributed by atoms with Gasteiger partial charge in [0.25, 0.3) is 5.91 Å². The smallest absolute Gasteiger partial charge is 0.262 e. The van der Waals surface area contributed by atoms with Gasteiger partial charge in [-0.25, -0.2) is 12.7 Å². The second-order valence-electron chi connectivity index (χ2n) is 6.78. The van der Waals surface area contributed by atoms with Gasteiger partial charge in [-0.1, -0.05) is 6.07 Å². The van der Waals surface area contributed by atoms with Gasteiger partial charge in [-0.15, -0.1) is 0 Å². The predicted molar refractivity (Wildman–Crippen MR) is 107 cm³/mol. The van der Waals surface area contributed by atoms with E-state index >= 15 is 0 Å². The van der Waals surface area contributed by atoms with Crippen LogP contribution in [0.4, 0.5) is 5.69 Å². The molecule has 0 unspecified atom stereocenters. The Balaban J connectivity index is 2.17. The number of nitrogens with one attached hydrogen (secondary N) is 1. The maximum absolute atomic E-state index is 12.4. The first-order valence-corrected chi connectivity index (χ1v) is 10.00. The standard InChI is InChI=1S/C20H26N2O4S/c1-13-7-8-17(9-14(13)2)26-12-20(23)21-19-11-18(10-15(3)16(19)4)27(24,25)22(5)6/h7-11H,12H2,1-6H3,(H,21,23). The highest BCUT2D eigenvalue weighted by atomic mass is 32.2. The van der Waals surface area contributed by atoms with Gasteiger partial charge in [0.1, 0.15) is 5.75 Å². The minimum atomic E-state index is -3.59. The second kappa shape index (κ2) is 8.10. The van der Waals surface area contributed by atoms with Gasteiger partial charge in [0.15, 0.2) is 6.61 Å². The Labute approximate surface area is 161 Å². The van der Waals surface area contributed by atoms with E-state index in [1.807, 2.05) is 45.9 Å². The van der Waals surface area contributed by atoms with E-state index in [0.717, 1.165) is 26.6 Å². The maximum Gasteiger partial charge on any atom is 0.262 e. The van der Waals surface area contributed by atoms with Crippen molar-refractivity contribution in [3.05, 3.63) is 52.6 Å². The number of amides is 1. The lowest BCUT2D eigenvalue weighted by atomic mass is 10.1. The van der Waals surface area contributed by atoms with Crippen molar-refractivity contribution in [1.82, 2.24) is 4.31 Å². The van der Waals surface area contributed by atoms with Crippen LogP contribution in [0.15, 0.2) is 35.2 Å². The molecule has 0 aliphatic rings. The van der Waals surface area contributed by atoms with Crippen LogP contribution in [-0.4, -0.2) is 39.3 Å². The molecule has 0 aliphatic heterocycles. The Morgan fingerprint density at radius 2 is 1.67 bits per heavy atom. The summed E-state index contributed by atoms with van der Waals surface area (Å²) in [6.45, 7) is 7.47. The highest BCUT2D eigenvalue weighted by Crippen LogP contribution is 2.25. The molecule has 0 aliphatic carbocycles. The fourth-order valence-electron chi connectivity index (χ4n) is 2.45. The molecule has 0 saturated heterocycles. The number of benzene rings is 2. The number of anilines is 1. The molecule has 146 valence electrons. The highest BCUT2D eigenvalue weighted by molar-refractivity contribution is 7.89. The lowest BCUT2D eigenvalue weighted by molar-refractivity contribution is -0.118. The first kappa shape index (κ1) is 20.9. The number of nitrogens with zero attached hydrogens (tertiary/aromatic N) is 1. The van der Waals surface area contributed by atoms with Gasteiger partial charge in [0.2, 0.25) is 10.0 Å². The third-order valence-corrected chi connectivity index (χ3v) is 6.33. The number of hydrogen-bond acceptors (Lipinski definition) is 4. The third kappa shape index (κ3) is 4.87. The van der Waals surface area contributed by atoms with Crippen LogP contribution < -0.4 is 10.1 Å². The Kier molecular flexibility index (Phi) is 6.28. The summed E-state index contributed by atoms with van der Waals surface area (Å²) in [7, 11) is -0.643. The van der Waals surface area contributed by atoms with E-state index in [4.69, 9.17) is 4.74 Å². The van der Waals surface area contributed by atoms with E-state index in [1.165, 1.54) is 20.2 Å². The molecule has 0 saturated carbocycles. The van der Waals surface area contributed by atoms with Gasteiger partial charge >= 0.3 is 0 Å². The average molecular weight is 391 g/mol. The number of rotatable bonds is 6. The molecular weight excluding hydrogens is 364 g/mol. The number of sulfonamides is 1. The summed E-state index contributed by atoms with van der Waals surface area (Å²) in [5.74, 6) is 0.264. The summed E-state index contributed by atoms with van der Waals surface area (Å²) in [6, 6.07) is 8.71. The van der Waals surface area contributed by atoms with Crippen LogP contribution in [0.2, 0.25) is 0 Å². The van der Waals surface area contributed by atoms with Crippen molar-refractivity contribution < 1.29 is 17.9 Å². The quantitative estimate of drug-likeness (QED) is 0.822. The summed E-state index contributed by atoms with van der Waals surface area (Å²) in [4.78, 5) is 12.4. The van der Waals surface area contributed by atoms with Crippen molar-refractivity contribution in [3.63, 3.8) is 0 Å². The average Bonchev–Trinajstić information content (AvgIpc) is 2.59. The molecule has 0 atom stereocenters. The van der Waals surface area contributed by atoms with Gasteiger partial charge < -0.3 is 10.1 Å². The SMILES string of the molecule is Cc1ccc(OCC(=O)Nc2cc(S(=O)(=O)N(C)C)cc(C)c2C)cc1C. The first-order valence-electron chi connectivity index (χ1n) is 8.56. The zero-order valence-electron chi connectivity index (χ0n) is 16.6. The van der Waals surface area contributed by atoms with Crippen molar-refractivity contribution in [2.45, 2.75) is 32.6 Å². The van der Waals surface area contributed by atoms with Gasteiger partial charge in [-0.2, -0.15) is 0 Å². The van der Waals surface area contributed by atoms with Crippen molar-refractivity contribution in [3.8, 4) is 5.75 Å². The molecule has 0 aromatic heterocycles. The fourth-order valence-corrected chi connectivity index (χ4v) is 3.47. The summed E-state index contributed by atoms with van der Waals surface area (Å²) in [5, 5.41) is 2.75. The third-order valence-electron chi connectivity index (χ3n) is 4.54. The summed E-state index contributed by atoms with van der Waals surface area (Å²) >= 11 is 0. The molecule has 0 heterocycles. The lowest BCUT2D eigenvalue weighted by Gasteiger charge is -2.16. The molecule has 1 amide bonds. The Morgan fingerprint density at radius 1 is 1.00 bits per heavy atom. The van der Waals surface area contributed by atoms with E-state index in [2.05, 4.69) is 5.32 Å². The molecule has 6 nitrogen and oxygen atoms in total. The molecular formula is C20H26N2O4S. The van der Waals surface area contributed by atoms with Gasteiger partial charge in [-0.05, 0) is 74.2 Å². The summed E-state index contributed by atoms with van der Waals surface area (Å²) in [6.07, 6.45) is 0. The predicted octanol–water partition coefficient (Wildman–Crippen LogP) is 3.19. The highest BCUT2D eigenvalue weighted by Gasteiger charge is 2.20. The second-order valence-corrected chi connectivity index (χ2v) is 8.93. The van der Waals surface area contributed by atoms with Gasteiger partial charge in [0.05, 0.1) is 4.90 Å². The van der Waals surface area contributed by atoms with Crippen LogP contribution in [0.25, 0.3) is 0 Å². The molecule has 1 N–H and O–H groups in total. The van der Waals surface area contributed by atoms with E-state index in [1.54, 1.807) is 6.07 Å². The van der Waals surface area contributed by atoms with Crippen LogP contribution in [0.5, 0.6) is 5.75 Å². The first-order chi connectivity index (χ1) is 12.5. The number of hydrogen-bond donors (Lipinski definition) is 1. The number of aryl methyl sites for hydroxylation is 3. The van der Waals surface area contributed by atoms with Crippen LogP contribution in [0.1, 0.15) is 22.3 Å². The topological polar surface area (TPSA) is 75.7 Å². The molecule has 0 bridgehead atoms. The Hall–Kier alpha value is -2.38. The summed E-state index contributed by atoms with van der Waals surface area (Å²) < 4.78 is 31.5. The lowest BCUT2D eigenvalue weighted by Crippen LogP contribution is -2.24. The maximum atomic E-state index is 12.4. The van der Waals surface area contributed by atoms with Gasteiger partial charge in [0, 0.05) is 19.8 Å². The van der Waals surface area contributed by atoms with Crippen molar-refractivity contribution in [2.75, 3.05) is 26.0 Å². The normalized spacial score (nSPS) is 11.5. The minimum absolute atomic E-state index is 0.140. The molecule has 2 aromatic carbocycles. The molecule has 7 heteroatoms. The monoisotopic (exact) mass is 390 g/mol. The molecule has 0 spiro atoms. The van der Waals surface area contributed by atoms with Crippen LogP contribution in [-0.2, 0) is 14.8 Å². The zero-order valence-corrected chi connectivity index (χ0v) is 17.4. The Bertz CT molecular complexity index is 966. The molecule has 2 aromatic rings. The largest absolute Gasteiger partial charge is 0.484 e. The van der Waals surface area contributed by atoms with E-state index < -0.39 is 10.0 Å². The van der Waals surface area contributed by atoms with E-state index in [9.17, 15) is 13.2 Å². The number of ether oxygens (including phenoxy) is 1. The van der Waals surface area contributed by atoms with Crippen molar-refractivity contribution >= 4 is 21.6 Å². The minimum Gasteiger partial charge on any atom is -0.484 e. The zero-order chi connectivity index (χ0) is 20.4. The van der Waals surface area contributed by atoms with Gasteiger partial charge in [-0.3, -0.25) is 4.79 Å². The van der Waals surface area contributed by atoms with Crippen molar-refractivity contribution in [1.29, 1.82) is 0 Å². The molecule has 27 heavy (non-hydrogen) atoms. The number of carbonyl (C=O) groups excluding carboxylic acids is 1. The molecule has 2 rings (SSSR count). The van der Waals surface area contributed by atoms with E-state index in [-0.39, 0.29) is 17.4 Å². The van der Waals surface area contributed by atoms with Crippen LogP contribution in [0, 0.1) is 27.7 Å². The van der Waals surface area contributed by atoms with E-state index in [0.29, 0.717) is 11.4 Å². The number of carbonyl (C=O) groups is 1. The summed E-state index contributed by atoms with van der Waals surface area (Å²) in [5.41, 5.74) is 4.29. The van der Waals surface area contributed by atoms with Crippen LogP contribution in [0.3, 0.4) is 0 Å². The Morgan fingerprint density at radius 3 is 2.26 bits per heavy atom. The molecule has 0 fully saturated rings. The fraction of sp³-hybridized carbons (Fsp3) is 0.350. The van der Waals surface area contributed by atoms with Crippen molar-refractivity contribution in [2.24, 2.45) is 0 Å².